The van der Waals surface area contributed by atoms with E-state index in [1.54, 1.807) is 6.08 Å². The van der Waals surface area contributed by atoms with Crippen LogP contribution in [0.25, 0.3) is 66.4 Å². The maximum atomic E-state index is 5.69. The topological polar surface area (TPSA) is 18.1 Å². The van der Waals surface area contributed by atoms with Crippen LogP contribution in [0.3, 0.4) is 0 Å². The van der Waals surface area contributed by atoms with Crippen molar-refractivity contribution in [2.24, 2.45) is 0 Å². The number of fused-ring (bicyclic) bond motifs is 9. The summed E-state index contributed by atoms with van der Waals surface area (Å²) in [6.45, 7) is 31.4. The van der Waals surface area contributed by atoms with Crippen LogP contribution in [0.5, 0.6) is 0 Å². The van der Waals surface area contributed by atoms with Gasteiger partial charge >= 0.3 is 0 Å². The Labute approximate surface area is 454 Å². The summed E-state index contributed by atoms with van der Waals surface area (Å²) in [5.74, 6) is 0.956. The zero-order valence-electron chi connectivity index (χ0n) is 47.4. The van der Waals surface area contributed by atoms with Gasteiger partial charge in [0.2, 0.25) is 0 Å². The molecule has 0 saturated heterocycles. The predicted molar refractivity (Wildman–Crippen MR) is 332 cm³/mol. The van der Waals surface area contributed by atoms with Crippen LogP contribution in [-0.4, -0.2) is 4.57 Å². The molecule has 0 fully saturated rings. The first-order valence-corrected chi connectivity index (χ1v) is 27.5. The fraction of sp³-hybridized carbons (Fsp3) is 0.216. The highest BCUT2D eigenvalue weighted by Crippen LogP contribution is 2.59. The molecule has 0 saturated carbocycles. The lowest BCUT2D eigenvalue weighted by atomic mass is 9.67. The molecule has 11 aromatic rings. The van der Waals surface area contributed by atoms with E-state index in [2.05, 4.69) is 242 Å². The number of furan rings is 1. The molecule has 12 rings (SSSR count). The van der Waals surface area contributed by atoms with Crippen LogP contribution < -0.4 is 0 Å². The second-order valence-corrected chi connectivity index (χ2v) is 20.7. The van der Waals surface area contributed by atoms with Crippen molar-refractivity contribution >= 4 is 49.6 Å². The van der Waals surface area contributed by atoms with Crippen LogP contribution >= 0.6 is 0 Å². The molecule has 2 heterocycles. The summed E-state index contributed by atoms with van der Waals surface area (Å²) in [4.78, 5) is 0. The molecule has 2 aromatic heterocycles. The highest BCUT2D eigenvalue weighted by Gasteiger charge is 2.47. The molecule has 0 radical (unpaired) electrons. The lowest BCUT2D eigenvalue weighted by Crippen LogP contribution is -2.28. The first-order chi connectivity index (χ1) is 36.8. The number of aryl methyl sites for hydroxylation is 6. The van der Waals surface area contributed by atoms with Gasteiger partial charge in [-0.2, -0.15) is 0 Å². The van der Waals surface area contributed by atoms with E-state index < -0.39 is 5.41 Å². The Morgan fingerprint density at radius 2 is 1.11 bits per heavy atom. The molecule has 0 bridgehead atoms. The number of nitrogens with zero attached hydrogens (tertiary/aromatic N) is 1. The van der Waals surface area contributed by atoms with Gasteiger partial charge in [0.05, 0.1) is 22.1 Å². The summed E-state index contributed by atoms with van der Waals surface area (Å²) in [6, 6.07) is 69.8. The van der Waals surface area contributed by atoms with E-state index in [9.17, 15) is 0 Å². The summed E-state index contributed by atoms with van der Waals surface area (Å²) in [5, 5.41) is 6.36. The molecule has 2 nitrogen and oxygen atoms in total. The van der Waals surface area contributed by atoms with Crippen LogP contribution in [0.1, 0.15) is 122 Å². The van der Waals surface area contributed by atoms with Crippen LogP contribution in [0.15, 0.2) is 211 Å². The van der Waals surface area contributed by atoms with E-state index in [1.165, 1.54) is 110 Å². The van der Waals surface area contributed by atoms with Crippen molar-refractivity contribution in [1.82, 2.24) is 4.57 Å². The number of benzene rings is 9. The Morgan fingerprint density at radius 1 is 0.539 bits per heavy atom. The minimum atomic E-state index is -0.479. The second kappa shape index (κ2) is 23.3. The van der Waals surface area contributed by atoms with Crippen LogP contribution in [0.4, 0.5) is 0 Å². The molecular formula is C74H77NO. The lowest BCUT2D eigenvalue weighted by molar-refractivity contribution is 0.577. The maximum absolute atomic E-state index is 5.69. The zero-order valence-corrected chi connectivity index (χ0v) is 47.4. The molecule has 384 valence electrons. The van der Waals surface area contributed by atoms with Crippen molar-refractivity contribution in [3.8, 4) is 16.8 Å². The van der Waals surface area contributed by atoms with Crippen LogP contribution in [-0.2, 0) is 17.3 Å². The molecule has 0 unspecified atom stereocenters. The van der Waals surface area contributed by atoms with E-state index >= 15 is 0 Å². The van der Waals surface area contributed by atoms with E-state index in [0.29, 0.717) is 0 Å². The Hall–Kier alpha value is -7.94. The Kier molecular flexibility index (Phi) is 16.7. The predicted octanol–water partition coefficient (Wildman–Crippen LogP) is 21.1. The molecule has 0 spiro atoms. The van der Waals surface area contributed by atoms with Crippen molar-refractivity contribution < 1.29 is 4.42 Å². The fourth-order valence-electron chi connectivity index (χ4n) is 11.1. The van der Waals surface area contributed by atoms with Crippen molar-refractivity contribution in [3.05, 3.63) is 274 Å². The number of aromatic nitrogens is 1. The summed E-state index contributed by atoms with van der Waals surface area (Å²) >= 11 is 0. The maximum Gasteiger partial charge on any atom is 0.135 e. The first kappa shape index (κ1) is 54.3. The summed E-state index contributed by atoms with van der Waals surface area (Å²) in [6.07, 6.45) is 6.89. The normalized spacial score (nSPS) is 12.2. The van der Waals surface area contributed by atoms with Crippen molar-refractivity contribution in [3.63, 3.8) is 0 Å². The van der Waals surface area contributed by atoms with Crippen molar-refractivity contribution in [2.45, 2.75) is 107 Å². The number of allylic oxidation sites excluding steroid dienone is 2. The van der Waals surface area contributed by atoms with Crippen molar-refractivity contribution in [2.75, 3.05) is 0 Å². The van der Waals surface area contributed by atoms with Gasteiger partial charge in [0, 0.05) is 27.1 Å². The van der Waals surface area contributed by atoms with Gasteiger partial charge in [0.1, 0.15) is 11.3 Å². The summed E-state index contributed by atoms with van der Waals surface area (Å²) in [5.41, 5.74) is 21.2. The van der Waals surface area contributed by atoms with Gasteiger partial charge in [-0.15, -0.1) is 0 Å². The summed E-state index contributed by atoms with van der Waals surface area (Å²) in [7, 11) is 0. The third kappa shape index (κ3) is 10.1. The average Bonchev–Trinajstić information content (AvgIpc) is 4.22. The molecule has 76 heavy (non-hydrogen) atoms. The molecule has 2 heteroatoms. The van der Waals surface area contributed by atoms with Gasteiger partial charge < -0.3 is 8.98 Å². The summed E-state index contributed by atoms with van der Waals surface area (Å²) < 4.78 is 8.23. The van der Waals surface area contributed by atoms with Crippen molar-refractivity contribution in [1.29, 1.82) is 0 Å². The smallest absolute Gasteiger partial charge is 0.135 e. The minimum Gasteiger partial charge on any atom is -0.461 e. The van der Waals surface area contributed by atoms with E-state index in [1.807, 2.05) is 58.9 Å². The number of hydrogen-bond acceptors (Lipinski definition) is 1. The third-order valence-corrected chi connectivity index (χ3v) is 14.8. The van der Waals surface area contributed by atoms with Gasteiger partial charge in [0.15, 0.2) is 0 Å². The molecular weight excluding hydrogens is 919 g/mol. The fourth-order valence-corrected chi connectivity index (χ4v) is 11.1. The van der Waals surface area contributed by atoms with Gasteiger partial charge in [0.25, 0.3) is 0 Å². The number of hydrogen-bond donors (Lipinski definition) is 0. The van der Waals surface area contributed by atoms with Gasteiger partial charge in [-0.3, -0.25) is 0 Å². The quantitative estimate of drug-likeness (QED) is 0.152. The van der Waals surface area contributed by atoms with E-state index in [-0.39, 0.29) is 5.41 Å². The Bertz CT molecular complexity index is 3780. The van der Waals surface area contributed by atoms with E-state index in [4.69, 9.17) is 4.42 Å². The average molecular weight is 996 g/mol. The van der Waals surface area contributed by atoms with Gasteiger partial charge in [-0.25, -0.2) is 0 Å². The largest absolute Gasteiger partial charge is 0.461 e. The standard InChI is InChI=1S/C47H39N.C14H14O.C9H12.2C2H6/c1-30-21-24-42-38(26-30)39-28-34(46(3,4)5)22-25-43(39)48(42)44-29-41-45(36-19-13-12-18-35(36)44)37-23-20-31(2)27-40(37)47(41,32-14-8-6-9-15-32)33-16-10-7-11-17-33;1-4-5-8-12-11(3)15-13-9-6-7-10(2)14(12)13;1-3-9-6-4-8(2)5-7-9;2*1-2/h6-29H,1-5H3;4-9H,1H2,2-3H3;4-7H,3H2,1-2H3;2*1-2H3/b;8-5-;;;. The Balaban J connectivity index is 0.000000224. The Morgan fingerprint density at radius 3 is 1.72 bits per heavy atom. The SMILES string of the molecule is C=C/C=C\c1c(C)oc2cccc(C)c12.CC.CC.CCc1ccc(C)cc1.Cc1ccc2c(c1)C(c1ccccc1)(c1ccccc1)c1cc(-n3c4ccc(C)cc4c4cc(C(C)(C)C)ccc43)c3ccccc3c1-2. The molecule has 0 amide bonds. The second-order valence-electron chi connectivity index (χ2n) is 20.7. The minimum absolute atomic E-state index is 0.0571. The highest BCUT2D eigenvalue weighted by atomic mass is 16.3. The highest BCUT2D eigenvalue weighted by molar-refractivity contribution is 6.13. The first-order valence-electron chi connectivity index (χ1n) is 27.5. The monoisotopic (exact) mass is 996 g/mol. The molecule has 1 aliphatic rings. The van der Waals surface area contributed by atoms with Crippen LogP contribution in [0, 0.1) is 34.6 Å². The molecule has 0 aliphatic heterocycles. The number of rotatable bonds is 6. The zero-order chi connectivity index (χ0) is 54.3. The van der Waals surface area contributed by atoms with E-state index in [0.717, 1.165) is 23.3 Å². The van der Waals surface area contributed by atoms with Gasteiger partial charge in [-0.1, -0.05) is 249 Å². The third-order valence-electron chi connectivity index (χ3n) is 14.8. The molecule has 0 atom stereocenters. The molecule has 1 aliphatic carbocycles. The molecule has 9 aromatic carbocycles. The van der Waals surface area contributed by atoms with Gasteiger partial charge in [-0.05, 0) is 138 Å². The molecule has 0 N–H and O–H groups in total. The lowest BCUT2D eigenvalue weighted by Gasteiger charge is -2.34. The van der Waals surface area contributed by atoms with Crippen LogP contribution in [0.2, 0.25) is 0 Å².